The zero-order valence-electron chi connectivity index (χ0n) is 18.6. The predicted octanol–water partition coefficient (Wildman–Crippen LogP) is 3.02. The van der Waals surface area contributed by atoms with Crippen molar-refractivity contribution in [2.24, 2.45) is 17.8 Å². The number of aliphatic hydroxyl groups is 1. The highest BCUT2D eigenvalue weighted by atomic mass is 16.7. The molecule has 1 N–H and O–H groups in total. The average Bonchev–Trinajstić information content (AvgIpc) is 3.64. The third kappa shape index (κ3) is 5.68. The zero-order valence-corrected chi connectivity index (χ0v) is 18.6. The van der Waals surface area contributed by atoms with Gasteiger partial charge in [0.1, 0.15) is 0 Å². The van der Waals surface area contributed by atoms with Gasteiger partial charge in [-0.15, -0.1) is 0 Å². The molecule has 0 radical (unpaired) electrons. The van der Waals surface area contributed by atoms with Crippen molar-refractivity contribution >= 4 is 5.91 Å². The maximum Gasteiger partial charge on any atom is 0.288 e. The van der Waals surface area contributed by atoms with E-state index < -0.39 is 6.29 Å². The minimum Gasteiger partial charge on any atom is -0.459 e. The van der Waals surface area contributed by atoms with E-state index in [4.69, 9.17) is 9.47 Å². The van der Waals surface area contributed by atoms with Gasteiger partial charge in [-0.05, 0) is 56.1 Å². The van der Waals surface area contributed by atoms with Gasteiger partial charge in [-0.3, -0.25) is 9.69 Å². The van der Waals surface area contributed by atoms with Gasteiger partial charge in [-0.25, -0.2) is 0 Å². The first kappa shape index (κ1) is 22.3. The van der Waals surface area contributed by atoms with Crippen LogP contribution in [0, 0.1) is 17.8 Å². The fourth-order valence-corrected chi connectivity index (χ4v) is 4.90. The summed E-state index contributed by atoms with van der Waals surface area (Å²) in [5.74, 6) is 1.58. The molecule has 0 spiro atoms. The molecule has 3 aliphatic rings. The average molecular weight is 429 g/mol. The number of ether oxygens (including phenoxy) is 2. The van der Waals surface area contributed by atoms with E-state index >= 15 is 0 Å². The number of amides is 1. The number of hydrogen-bond acceptors (Lipinski definition) is 5. The molecule has 1 aromatic rings. The molecule has 0 bridgehead atoms. The number of benzene rings is 1. The fourth-order valence-electron chi connectivity index (χ4n) is 4.90. The van der Waals surface area contributed by atoms with E-state index in [1.807, 2.05) is 17.9 Å². The van der Waals surface area contributed by atoms with Crippen LogP contribution in [0.3, 0.4) is 0 Å². The maximum absolute atomic E-state index is 13.3. The van der Waals surface area contributed by atoms with Crippen molar-refractivity contribution in [2.45, 2.75) is 45.4 Å². The van der Waals surface area contributed by atoms with Crippen LogP contribution in [0.1, 0.15) is 38.2 Å². The Kier molecular flexibility index (Phi) is 7.64. The summed E-state index contributed by atoms with van der Waals surface area (Å²) >= 11 is 0. The van der Waals surface area contributed by atoms with Crippen molar-refractivity contribution in [1.82, 2.24) is 9.80 Å². The fraction of sp³-hybridized carbons (Fsp3) is 0.640. The van der Waals surface area contributed by atoms with Crippen molar-refractivity contribution in [3.05, 3.63) is 47.7 Å². The molecule has 1 aromatic carbocycles. The highest BCUT2D eigenvalue weighted by Gasteiger charge is 2.44. The van der Waals surface area contributed by atoms with E-state index in [9.17, 15) is 9.90 Å². The summed E-state index contributed by atoms with van der Waals surface area (Å²) in [5, 5.41) is 9.32. The van der Waals surface area contributed by atoms with Crippen LogP contribution in [-0.4, -0.2) is 66.5 Å². The summed E-state index contributed by atoms with van der Waals surface area (Å²) in [4.78, 5) is 17.6. The molecule has 1 amide bonds. The SMILES string of the molecule is CCO[C@@H]1OC(C(=O)N2CCN(Cc3ccccc3)CC2)=C[C@H](C2CC2)[C@H]1CCCO. The number of allylic oxidation sites excluding steroid dienone is 1. The van der Waals surface area contributed by atoms with Gasteiger partial charge in [0.05, 0.1) is 0 Å². The third-order valence-corrected chi connectivity index (χ3v) is 6.74. The molecule has 170 valence electrons. The molecular formula is C25H36N2O4. The minimum atomic E-state index is -0.398. The van der Waals surface area contributed by atoms with E-state index in [2.05, 4.69) is 35.2 Å². The van der Waals surface area contributed by atoms with Crippen molar-refractivity contribution < 1.29 is 19.4 Å². The van der Waals surface area contributed by atoms with Gasteiger partial charge in [0.15, 0.2) is 5.76 Å². The van der Waals surface area contributed by atoms with Crippen LogP contribution in [0.15, 0.2) is 42.2 Å². The van der Waals surface area contributed by atoms with Gasteiger partial charge in [0, 0.05) is 51.9 Å². The van der Waals surface area contributed by atoms with Gasteiger partial charge in [0.25, 0.3) is 5.91 Å². The molecule has 3 atom stereocenters. The van der Waals surface area contributed by atoms with E-state index in [0.717, 1.165) is 32.5 Å². The lowest BCUT2D eigenvalue weighted by molar-refractivity contribution is -0.177. The quantitative estimate of drug-likeness (QED) is 0.655. The number of piperazine rings is 1. The minimum absolute atomic E-state index is 0.00433. The summed E-state index contributed by atoms with van der Waals surface area (Å²) in [7, 11) is 0. The number of carbonyl (C=O) groups is 1. The number of rotatable bonds is 9. The number of carbonyl (C=O) groups excluding carboxylic acids is 1. The van der Waals surface area contributed by atoms with Crippen molar-refractivity contribution in [1.29, 1.82) is 0 Å². The Bertz CT molecular complexity index is 741. The van der Waals surface area contributed by atoms with E-state index in [0.29, 0.717) is 37.3 Å². The molecule has 2 heterocycles. The molecule has 6 nitrogen and oxygen atoms in total. The van der Waals surface area contributed by atoms with Gasteiger partial charge >= 0.3 is 0 Å². The van der Waals surface area contributed by atoms with Crippen LogP contribution >= 0.6 is 0 Å². The second-order valence-corrected chi connectivity index (χ2v) is 8.97. The first-order valence-corrected chi connectivity index (χ1v) is 11.9. The largest absolute Gasteiger partial charge is 0.459 e. The molecule has 0 aromatic heterocycles. The van der Waals surface area contributed by atoms with Crippen LogP contribution in [0.5, 0.6) is 0 Å². The van der Waals surface area contributed by atoms with Gasteiger partial charge in [-0.2, -0.15) is 0 Å². The monoisotopic (exact) mass is 428 g/mol. The molecule has 4 rings (SSSR count). The normalized spacial score (nSPS) is 27.0. The van der Waals surface area contributed by atoms with Crippen LogP contribution in [0.4, 0.5) is 0 Å². The lowest BCUT2D eigenvalue weighted by Crippen LogP contribution is -2.50. The molecule has 1 aliphatic carbocycles. The molecule has 6 heteroatoms. The molecule has 31 heavy (non-hydrogen) atoms. The Hall–Kier alpha value is -1.89. The topological polar surface area (TPSA) is 62.2 Å². The molecule has 0 unspecified atom stereocenters. The van der Waals surface area contributed by atoms with E-state index in [-0.39, 0.29) is 18.4 Å². The lowest BCUT2D eigenvalue weighted by Gasteiger charge is -2.39. The second kappa shape index (κ2) is 10.6. The van der Waals surface area contributed by atoms with Crippen LogP contribution in [0.2, 0.25) is 0 Å². The van der Waals surface area contributed by atoms with Gasteiger partial charge in [0.2, 0.25) is 6.29 Å². The molecule has 2 fully saturated rings. The summed E-state index contributed by atoms with van der Waals surface area (Å²) in [6.45, 7) is 6.78. The van der Waals surface area contributed by atoms with Crippen molar-refractivity contribution in [3.8, 4) is 0 Å². The van der Waals surface area contributed by atoms with Crippen LogP contribution in [0.25, 0.3) is 0 Å². The Labute approximate surface area is 185 Å². The van der Waals surface area contributed by atoms with E-state index in [1.165, 1.54) is 18.4 Å². The number of aliphatic hydroxyl groups excluding tert-OH is 1. The Morgan fingerprint density at radius 2 is 1.90 bits per heavy atom. The molecule has 1 saturated carbocycles. The first-order valence-electron chi connectivity index (χ1n) is 11.9. The van der Waals surface area contributed by atoms with Crippen LogP contribution in [-0.2, 0) is 20.8 Å². The van der Waals surface area contributed by atoms with Gasteiger partial charge in [-0.1, -0.05) is 30.3 Å². The van der Waals surface area contributed by atoms with Gasteiger partial charge < -0.3 is 19.5 Å². The highest BCUT2D eigenvalue weighted by Crippen LogP contribution is 2.47. The third-order valence-electron chi connectivity index (χ3n) is 6.74. The van der Waals surface area contributed by atoms with Crippen molar-refractivity contribution in [3.63, 3.8) is 0 Å². The van der Waals surface area contributed by atoms with Crippen LogP contribution < -0.4 is 0 Å². The molecular weight excluding hydrogens is 392 g/mol. The van der Waals surface area contributed by atoms with Crippen molar-refractivity contribution in [2.75, 3.05) is 39.4 Å². The summed E-state index contributed by atoms with van der Waals surface area (Å²) in [6, 6.07) is 10.5. The Morgan fingerprint density at radius 1 is 1.16 bits per heavy atom. The van der Waals surface area contributed by atoms with E-state index in [1.54, 1.807) is 0 Å². The highest BCUT2D eigenvalue weighted by molar-refractivity contribution is 5.91. The number of nitrogens with zero attached hydrogens (tertiary/aromatic N) is 2. The second-order valence-electron chi connectivity index (χ2n) is 8.97. The first-order chi connectivity index (χ1) is 15.2. The Morgan fingerprint density at radius 3 is 2.55 bits per heavy atom. The summed E-state index contributed by atoms with van der Waals surface area (Å²) < 4.78 is 12.1. The molecule has 2 aliphatic heterocycles. The smallest absolute Gasteiger partial charge is 0.288 e. The number of hydrogen-bond donors (Lipinski definition) is 1. The predicted molar refractivity (Wildman–Crippen MR) is 119 cm³/mol. The molecule has 1 saturated heterocycles. The zero-order chi connectivity index (χ0) is 21.6. The lowest BCUT2D eigenvalue weighted by atomic mass is 9.82. The summed E-state index contributed by atoms with van der Waals surface area (Å²) in [6.07, 6.45) is 5.68. The Balaban J connectivity index is 1.39. The maximum atomic E-state index is 13.3. The summed E-state index contributed by atoms with van der Waals surface area (Å²) in [5.41, 5.74) is 1.31. The standard InChI is InChI=1S/C25H36N2O4/c1-2-30-25-21(9-6-16-28)22(20-10-11-20)17-23(31-25)24(29)27-14-12-26(13-15-27)18-19-7-4-3-5-8-19/h3-5,7-8,17,20-22,25,28H,2,6,9-16,18H2,1H3/t21-,22-,25-/m1/s1.